The molecular formula is C22H20N4OS2. The SMILES string of the molecule is Cc1sc2nc(SCC(=O)N(c3ccccc3)c3ccccc3)nc(N)c2c1C. The first-order chi connectivity index (χ1) is 14.0. The third-order valence-electron chi connectivity index (χ3n) is 4.64. The molecule has 0 radical (unpaired) electrons. The van der Waals surface area contributed by atoms with Crippen LogP contribution in [-0.2, 0) is 4.79 Å². The van der Waals surface area contributed by atoms with E-state index in [1.165, 1.54) is 16.6 Å². The van der Waals surface area contributed by atoms with Gasteiger partial charge in [-0.1, -0.05) is 48.2 Å². The van der Waals surface area contributed by atoms with Crippen LogP contribution in [0.15, 0.2) is 65.8 Å². The number of nitrogens with zero attached hydrogens (tertiary/aromatic N) is 3. The molecule has 0 aliphatic heterocycles. The van der Waals surface area contributed by atoms with Crippen molar-refractivity contribution in [2.24, 2.45) is 0 Å². The monoisotopic (exact) mass is 420 g/mol. The summed E-state index contributed by atoms with van der Waals surface area (Å²) in [6, 6.07) is 19.2. The number of carbonyl (C=O) groups excluding carboxylic acids is 1. The third kappa shape index (κ3) is 3.97. The van der Waals surface area contributed by atoms with E-state index in [-0.39, 0.29) is 11.7 Å². The maximum Gasteiger partial charge on any atom is 0.242 e. The Balaban J connectivity index is 1.59. The number of carbonyl (C=O) groups is 1. The summed E-state index contributed by atoms with van der Waals surface area (Å²) in [4.78, 5) is 25.9. The van der Waals surface area contributed by atoms with Crippen molar-refractivity contribution in [3.05, 3.63) is 71.1 Å². The predicted octanol–water partition coefficient (Wildman–Crippen LogP) is 5.35. The van der Waals surface area contributed by atoms with E-state index >= 15 is 0 Å². The third-order valence-corrected chi connectivity index (χ3v) is 6.57. The lowest BCUT2D eigenvalue weighted by Crippen LogP contribution is -2.27. The number of anilines is 3. The molecule has 5 nitrogen and oxygen atoms in total. The fourth-order valence-electron chi connectivity index (χ4n) is 3.11. The topological polar surface area (TPSA) is 72.1 Å². The summed E-state index contributed by atoms with van der Waals surface area (Å²) in [6.45, 7) is 4.08. The Bertz CT molecular complexity index is 1120. The molecule has 0 saturated heterocycles. The number of para-hydroxylation sites is 2. The Morgan fingerprint density at radius 2 is 1.59 bits per heavy atom. The van der Waals surface area contributed by atoms with E-state index in [2.05, 4.69) is 16.9 Å². The van der Waals surface area contributed by atoms with E-state index in [0.29, 0.717) is 11.0 Å². The number of aromatic nitrogens is 2. The van der Waals surface area contributed by atoms with Gasteiger partial charge in [0.15, 0.2) is 5.16 Å². The largest absolute Gasteiger partial charge is 0.383 e. The van der Waals surface area contributed by atoms with Crippen LogP contribution in [0.25, 0.3) is 10.2 Å². The Morgan fingerprint density at radius 3 is 2.17 bits per heavy atom. The minimum atomic E-state index is -0.0480. The van der Waals surface area contributed by atoms with Gasteiger partial charge in [0.1, 0.15) is 10.6 Å². The number of nitrogens with two attached hydrogens (primary N) is 1. The van der Waals surface area contributed by atoms with Crippen molar-refractivity contribution in [2.75, 3.05) is 16.4 Å². The lowest BCUT2D eigenvalue weighted by atomic mass is 10.2. The van der Waals surface area contributed by atoms with E-state index in [9.17, 15) is 4.79 Å². The molecule has 1 amide bonds. The highest BCUT2D eigenvalue weighted by Gasteiger charge is 2.19. The number of thioether (sulfide) groups is 1. The number of aryl methyl sites for hydroxylation is 2. The molecule has 7 heteroatoms. The Kier molecular flexibility index (Phi) is 5.51. The predicted molar refractivity (Wildman–Crippen MR) is 122 cm³/mol. The maximum absolute atomic E-state index is 13.1. The van der Waals surface area contributed by atoms with E-state index in [1.54, 1.807) is 16.2 Å². The first kappa shape index (κ1) is 19.4. The van der Waals surface area contributed by atoms with Crippen LogP contribution in [0, 0.1) is 13.8 Å². The summed E-state index contributed by atoms with van der Waals surface area (Å²) >= 11 is 2.91. The van der Waals surface area contributed by atoms with Crippen molar-refractivity contribution in [1.82, 2.24) is 9.97 Å². The molecule has 0 atom stereocenters. The van der Waals surface area contributed by atoms with Gasteiger partial charge >= 0.3 is 0 Å². The van der Waals surface area contributed by atoms with Crippen LogP contribution in [0.2, 0.25) is 0 Å². The van der Waals surface area contributed by atoms with Crippen LogP contribution in [0.3, 0.4) is 0 Å². The number of hydrogen-bond donors (Lipinski definition) is 1. The van der Waals surface area contributed by atoms with Gasteiger partial charge in [0.2, 0.25) is 5.91 Å². The van der Waals surface area contributed by atoms with Gasteiger partial charge in [0, 0.05) is 16.3 Å². The lowest BCUT2D eigenvalue weighted by Gasteiger charge is -2.22. The second-order valence-corrected chi connectivity index (χ2v) is 8.69. The minimum Gasteiger partial charge on any atom is -0.383 e. The van der Waals surface area contributed by atoms with Gasteiger partial charge in [-0.25, -0.2) is 9.97 Å². The zero-order valence-electron chi connectivity index (χ0n) is 16.1. The summed E-state index contributed by atoms with van der Waals surface area (Å²) in [7, 11) is 0. The molecule has 0 saturated carbocycles. The van der Waals surface area contributed by atoms with Gasteiger partial charge in [0.05, 0.1) is 11.1 Å². The normalized spacial score (nSPS) is 11.0. The molecule has 2 aromatic carbocycles. The average Bonchev–Trinajstić information content (AvgIpc) is 3.02. The van der Waals surface area contributed by atoms with Crippen molar-refractivity contribution < 1.29 is 4.79 Å². The maximum atomic E-state index is 13.1. The molecule has 2 heterocycles. The van der Waals surface area contributed by atoms with E-state index in [4.69, 9.17) is 5.73 Å². The van der Waals surface area contributed by atoms with Crippen LogP contribution >= 0.6 is 23.1 Å². The first-order valence-corrected chi connectivity index (χ1v) is 10.9. The summed E-state index contributed by atoms with van der Waals surface area (Å²) in [5.74, 6) is 0.626. The van der Waals surface area contributed by atoms with Crippen LogP contribution < -0.4 is 10.6 Å². The summed E-state index contributed by atoms with van der Waals surface area (Å²) in [5.41, 5.74) is 8.93. The van der Waals surface area contributed by atoms with E-state index in [0.717, 1.165) is 27.2 Å². The molecule has 0 spiro atoms. The Hall–Kier alpha value is -2.90. The van der Waals surface area contributed by atoms with Crippen LogP contribution in [-0.4, -0.2) is 21.6 Å². The van der Waals surface area contributed by atoms with Gasteiger partial charge in [-0.3, -0.25) is 9.69 Å². The van der Waals surface area contributed by atoms with Gasteiger partial charge in [0.25, 0.3) is 0 Å². The van der Waals surface area contributed by atoms with Gasteiger partial charge in [-0.15, -0.1) is 11.3 Å². The minimum absolute atomic E-state index is 0.0480. The zero-order chi connectivity index (χ0) is 20.4. The highest BCUT2D eigenvalue weighted by Crippen LogP contribution is 2.34. The second-order valence-electron chi connectivity index (χ2n) is 6.54. The molecule has 4 aromatic rings. The van der Waals surface area contributed by atoms with E-state index < -0.39 is 0 Å². The average molecular weight is 421 g/mol. The number of hydrogen-bond acceptors (Lipinski definition) is 6. The number of fused-ring (bicyclic) bond motifs is 1. The molecule has 0 unspecified atom stereocenters. The molecule has 2 aromatic heterocycles. The van der Waals surface area contributed by atoms with Crippen LogP contribution in [0.4, 0.5) is 17.2 Å². The molecule has 0 aliphatic carbocycles. The number of benzene rings is 2. The lowest BCUT2D eigenvalue weighted by molar-refractivity contribution is -0.115. The molecular weight excluding hydrogens is 400 g/mol. The van der Waals surface area contributed by atoms with Gasteiger partial charge in [-0.05, 0) is 43.7 Å². The zero-order valence-corrected chi connectivity index (χ0v) is 17.8. The fourth-order valence-corrected chi connectivity index (χ4v) is 4.90. The molecule has 146 valence electrons. The quantitative estimate of drug-likeness (QED) is 0.348. The van der Waals surface area contributed by atoms with Gasteiger partial charge in [-0.2, -0.15) is 0 Å². The van der Waals surface area contributed by atoms with Crippen molar-refractivity contribution in [2.45, 2.75) is 19.0 Å². The van der Waals surface area contributed by atoms with Gasteiger partial charge < -0.3 is 5.73 Å². The first-order valence-electron chi connectivity index (χ1n) is 9.13. The fraction of sp³-hybridized carbons (Fsp3) is 0.136. The van der Waals surface area contributed by atoms with E-state index in [1.807, 2.05) is 67.6 Å². The Morgan fingerprint density at radius 1 is 1.00 bits per heavy atom. The molecule has 0 aliphatic rings. The number of thiophene rings is 1. The molecule has 0 fully saturated rings. The second kappa shape index (κ2) is 8.23. The summed E-state index contributed by atoms with van der Waals surface area (Å²) in [5, 5.41) is 1.43. The van der Waals surface area contributed by atoms with Crippen molar-refractivity contribution in [3.63, 3.8) is 0 Å². The molecule has 0 bridgehead atoms. The van der Waals surface area contributed by atoms with Crippen LogP contribution in [0.1, 0.15) is 10.4 Å². The molecule has 29 heavy (non-hydrogen) atoms. The van der Waals surface area contributed by atoms with Crippen LogP contribution in [0.5, 0.6) is 0 Å². The highest BCUT2D eigenvalue weighted by molar-refractivity contribution is 7.99. The number of amides is 1. The standard InChI is InChI=1S/C22H20N4OS2/c1-14-15(2)29-21-19(14)20(23)24-22(25-21)28-13-18(27)26(16-9-5-3-6-10-16)17-11-7-4-8-12-17/h3-12H,13H2,1-2H3,(H2,23,24,25). The van der Waals surface area contributed by atoms with Crippen molar-refractivity contribution >= 4 is 56.4 Å². The number of rotatable bonds is 5. The summed E-state index contributed by atoms with van der Waals surface area (Å²) < 4.78 is 0. The van der Waals surface area contributed by atoms with Crippen molar-refractivity contribution in [3.8, 4) is 0 Å². The smallest absolute Gasteiger partial charge is 0.242 e. The highest BCUT2D eigenvalue weighted by atomic mass is 32.2. The number of nitrogen functional groups attached to an aromatic ring is 1. The summed E-state index contributed by atoms with van der Waals surface area (Å²) in [6.07, 6.45) is 0. The van der Waals surface area contributed by atoms with Crippen molar-refractivity contribution in [1.29, 1.82) is 0 Å². The Labute approximate surface area is 177 Å². The molecule has 2 N–H and O–H groups in total. The molecule has 4 rings (SSSR count).